The fraction of sp³-hybridized carbons (Fsp3) is 0.389. The number of nitrogens with zero attached hydrogens (tertiary/aromatic N) is 3. The Morgan fingerprint density at radius 2 is 2.28 bits per heavy atom. The van der Waals surface area contributed by atoms with Crippen molar-refractivity contribution in [3.8, 4) is 6.07 Å². The number of nitriles is 1. The second-order valence-electron chi connectivity index (χ2n) is 6.13. The highest BCUT2D eigenvalue weighted by Crippen LogP contribution is 2.25. The maximum atomic E-state index is 10.4. The van der Waals surface area contributed by atoms with Crippen LogP contribution in [0.25, 0.3) is 16.6 Å². The number of fused-ring (bicyclic) bond motifs is 1. The number of thiocarbonyl (C=S) groups is 1. The second kappa shape index (κ2) is 7.89. The lowest BCUT2D eigenvalue weighted by Crippen LogP contribution is -2.39. The molecule has 130 valence electrons. The van der Waals surface area contributed by atoms with E-state index in [0.717, 1.165) is 34.7 Å². The van der Waals surface area contributed by atoms with Crippen LogP contribution in [0.2, 0.25) is 0 Å². The lowest BCUT2D eigenvalue weighted by atomic mass is 10.1. The van der Waals surface area contributed by atoms with Crippen LogP contribution in [0.3, 0.4) is 0 Å². The Balaban J connectivity index is 1.73. The van der Waals surface area contributed by atoms with Gasteiger partial charge < -0.3 is 15.0 Å². The lowest BCUT2D eigenvalue weighted by Gasteiger charge is -2.35. The minimum atomic E-state index is -0.00133. The van der Waals surface area contributed by atoms with Crippen LogP contribution in [0, 0.1) is 11.3 Å². The molecule has 2 aromatic rings. The molecule has 0 aliphatic carbocycles. The first-order valence-corrected chi connectivity index (χ1v) is 9.70. The van der Waals surface area contributed by atoms with E-state index in [0.29, 0.717) is 11.9 Å². The van der Waals surface area contributed by atoms with Crippen LogP contribution in [0.15, 0.2) is 30.0 Å². The van der Waals surface area contributed by atoms with Crippen LogP contribution < -0.4 is 0 Å². The van der Waals surface area contributed by atoms with Gasteiger partial charge in [-0.15, -0.1) is 0 Å². The van der Waals surface area contributed by atoms with Crippen molar-refractivity contribution in [3.63, 3.8) is 0 Å². The van der Waals surface area contributed by atoms with Crippen LogP contribution in [-0.4, -0.2) is 42.6 Å². The summed E-state index contributed by atoms with van der Waals surface area (Å²) in [6.07, 6.45) is 3.53. The molecule has 0 saturated carbocycles. The van der Waals surface area contributed by atoms with Crippen molar-refractivity contribution < 1.29 is 5.11 Å². The molecule has 3 rings (SSSR count). The number of thioether (sulfide) groups is 1. The van der Waals surface area contributed by atoms with E-state index in [4.69, 9.17) is 12.2 Å². The number of aromatic nitrogens is 2. The molecule has 1 aromatic carbocycles. The molecule has 2 N–H and O–H groups in total. The smallest absolute Gasteiger partial charge is 0.152 e. The topological polar surface area (TPSA) is 75.9 Å². The largest absolute Gasteiger partial charge is 0.510 e. The number of hydrogen-bond acceptors (Lipinski definition) is 5. The van der Waals surface area contributed by atoms with Crippen LogP contribution in [0.4, 0.5) is 0 Å². The molecule has 1 aliphatic heterocycles. The van der Waals surface area contributed by atoms with Crippen molar-refractivity contribution >= 4 is 44.9 Å². The summed E-state index contributed by atoms with van der Waals surface area (Å²) in [5.74, 6) is 0.653. The molecule has 1 aliphatic rings. The number of piperidine rings is 1. The molecule has 1 fully saturated rings. The van der Waals surface area contributed by atoms with Gasteiger partial charge in [0.15, 0.2) is 5.82 Å². The first kappa shape index (κ1) is 17.8. The van der Waals surface area contributed by atoms with Gasteiger partial charge in [0.1, 0.15) is 21.7 Å². The number of aromatic amines is 1. The molecule has 0 spiro atoms. The number of para-hydroxylation sites is 2. The van der Waals surface area contributed by atoms with Gasteiger partial charge in [0, 0.05) is 12.6 Å². The van der Waals surface area contributed by atoms with Gasteiger partial charge in [-0.1, -0.05) is 36.1 Å². The number of benzene rings is 1. The summed E-state index contributed by atoms with van der Waals surface area (Å²) < 4.78 is 0.778. The molecule has 1 saturated heterocycles. The summed E-state index contributed by atoms with van der Waals surface area (Å²) in [4.78, 5) is 9.68. The van der Waals surface area contributed by atoms with E-state index < -0.39 is 0 Å². The highest BCUT2D eigenvalue weighted by atomic mass is 32.2. The fourth-order valence-electron chi connectivity index (χ4n) is 2.98. The third kappa shape index (κ3) is 3.97. The van der Waals surface area contributed by atoms with Gasteiger partial charge in [-0.25, -0.2) is 4.98 Å². The van der Waals surface area contributed by atoms with Crippen LogP contribution in [-0.2, 0) is 0 Å². The summed E-state index contributed by atoms with van der Waals surface area (Å²) in [7, 11) is 0. The van der Waals surface area contributed by atoms with Crippen molar-refractivity contribution in [2.45, 2.75) is 32.2 Å². The first-order valence-electron chi connectivity index (χ1n) is 8.31. The van der Waals surface area contributed by atoms with Crippen molar-refractivity contribution in [1.29, 1.82) is 5.26 Å². The van der Waals surface area contributed by atoms with Gasteiger partial charge in [0.05, 0.1) is 16.8 Å². The number of imidazole rings is 1. The average molecular weight is 373 g/mol. The highest BCUT2D eigenvalue weighted by Gasteiger charge is 2.21. The Labute approximate surface area is 156 Å². The van der Waals surface area contributed by atoms with Crippen LogP contribution >= 0.6 is 24.0 Å². The molecule has 1 unspecified atom stereocenters. The summed E-state index contributed by atoms with van der Waals surface area (Å²) >= 11 is 6.91. The maximum absolute atomic E-state index is 10.4. The molecule has 0 amide bonds. The zero-order valence-electron chi connectivity index (χ0n) is 14.0. The van der Waals surface area contributed by atoms with E-state index in [9.17, 15) is 10.4 Å². The number of hydrogen-bond donors (Lipinski definition) is 2. The molecule has 0 radical (unpaired) electrons. The van der Waals surface area contributed by atoms with Gasteiger partial charge in [0.25, 0.3) is 0 Å². The molecule has 5 nitrogen and oxygen atoms in total. The fourth-order valence-corrected chi connectivity index (χ4v) is 4.27. The normalized spacial score (nSPS) is 18.7. The number of aliphatic hydroxyl groups excluding tert-OH is 1. The van der Waals surface area contributed by atoms with Gasteiger partial charge in [-0.05, 0) is 38.3 Å². The summed E-state index contributed by atoms with van der Waals surface area (Å²) in [5, 5.41) is 19.8. The standard InChI is InChI=1S/C18H20N4OS2/c1-12-6-4-5-9-22(12)18(24)25-11-16(23)13(10-19)17-20-14-7-2-3-8-15(14)21-17/h2-3,7-8,12,23H,4-6,9,11H2,1H3,(H,20,21). The van der Waals surface area contributed by atoms with E-state index in [1.54, 1.807) is 0 Å². The van der Waals surface area contributed by atoms with Crippen molar-refractivity contribution in [1.82, 2.24) is 14.9 Å². The zero-order chi connectivity index (χ0) is 17.8. The van der Waals surface area contributed by atoms with E-state index in [-0.39, 0.29) is 17.1 Å². The molecular formula is C18H20N4OS2. The van der Waals surface area contributed by atoms with Gasteiger partial charge >= 0.3 is 0 Å². The molecule has 2 heterocycles. The molecule has 25 heavy (non-hydrogen) atoms. The maximum Gasteiger partial charge on any atom is 0.152 e. The van der Waals surface area contributed by atoms with Crippen molar-refractivity contribution in [2.24, 2.45) is 0 Å². The van der Waals surface area contributed by atoms with Crippen molar-refractivity contribution in [3.05, 3.63) is 35.8 Å². The minimum absolute atomic E-state index is 0.00133. The number of nitrogens with one attached hydrogen (secondary N) is 1. The van der Waals surface area contributed by atoms with Gasteiger partial charge in [0.2, 0.25) is 0 Å². The molecular weight excluding hydrogens is 352 g/mol. The lowest BCUT2D eigenvalue weighted by molar-refractivity contribution is 0.267. The summed E-state index contributed by atoms with van der Waals surface area (Å²) in [6, 6.07) is 10.0. The third-order valence-corrected chi connectivity index (χ3v) is 5.88. The van der Waals surface area contributed by atoms with Gasteiger partial charge in [-0.3, -0.25) is 0 Å². The van der Waals surface area contributed by atoms with E-state index >= 15 is 0 Å². The third-order valence-electron chi connectivity index (χ3n) is 4.40. The number of H-pyrrole nitrogens is 1. The van der Waals surface area contributed by atoms with E-state index in [1.807, 2.05) is 24.3 Å². The first-order chi connectivity index (χ1) is 12.1. The van der Waals surface area contributed by atoms with Crippen LogP contribution in [0.5, 0.6) is 0 Å². The Kier molecular flexibility index (Phi) is 5.61. The summed E-state index contributed by atoms with van der Waals surface area (Å²) in [5.41, 5.74) is 1.77. The number of aliphatic hydroxyl groups is 1. The molecule has 7 heteroatoms. The Morgan fingerprint density at radius 1 is 1.48 bits per heavy atom. The Morgan fingerprint density at radius 3 is 3.00 bits per heavy atom. The predicted octanol–water partition coefficient (Wildman–Crippen LogP) is 4.25. The van der Waals surface area contributed by atoms with E-state index in [2.05, 4.69) is 27.9 Å². The van der Waals surface area contributed by atoms with Crippen molar-refractivity contribution in [2.75, 3.05) is 12.3 Å². The molecule has 1 aromatic heterocycles. The Hall–Kier alpha value is -2.04. The van der Waals surface area contributed by atoms with Gasteiger partial charge in [-0.2, -0.15) is 5.26 Å². The Bertz CT molecular complexity index is 819. The van der Waals surface area contributed by atoms with Crippen LogP contribution in [0.1, 0.15) is 32.0 Å². The molecule has 0 bridgehead atoms. The quantitative estimate of drug-likeness (QED) is 0.477. The highest BCUT2D eigenvalue weighted by molar-refractivity contribution is 8.23. The number of likely N-dealkylation sites (tertiary alicyclic amines) is 1. The molecule has 1 atom stereocenters. The SMILES string of the molecule is CC1CCCCN1C(=S)SCC(O)=C(C#N)c1nc2ccccc2[nH]1. The second-order valence-corrected chi connectivity index (χ2v) is 7.74. The number of allylic oxidation sites excluding steroid dienone is 1. The minimum Gasteiger partial charge on any atom is -0.510 e. The average Bonchev–Trinajstić information content (AvgIpc) is 3.04. The number of rotatable bonds is 3. The monoisotopic (exact) mass is 372 g/mol. The predicted molar refractivity (Wildman–Crippen MR) is 106 cm³/mol. The zero-order valence-corrected chi connectivity index (χ0v) is 15.7. The summed E-state index contributed by atoms with van der Waals surface area (Å²) in [6.45, 7) is 3.14. The van der Waals surface area contributed by atoms with E-state index in [1.165, 1.54) is 18.2 Å².